The SMILES string of the molecule is CCCCN(CC)S(=O)(=O)c1ccc(C(=O)N(/N=C/c2ccc(OC)cc2)c2nc3ccc(OC)cc3s2)cc1. The van der Waals surface area contributed by atoms with E-state index in [1.807, 2.05) is 38.1 Å². The van der Waals surface area contributed by atoms with Crippen molar-refractivity contribution in [2.75, 3.05) is 32.3 Å². The Hall–Kier alpha value is -3.80. The number of amides is 1. The average molecular weight is 581 g/mol. The van der Waals surface area contributed by atoms with E-state index in [0.717, 1.165) is 23.1 Å². The van der Waals surface area contributed by atoms with Gasteiger partial charge < -0.3 is 9.47 Å². The molecule has 0 fully saturated rings. The van der Waals surface area contributed by atoms with Crippen LogP contribution in [0, 0.1) is 0 Å². The zero-order valence-corrected chi connectivity index (χ0v) is 24.5. The highest BCUT2D eigenvalue weighted by Gasteiger charge is 2.25. The number of fused-ring (bicyclic) bond motifs is 1. The van der Waals surface area contributed by atoms with Gasteiger partial charge in [-0.2, -0.15) is 14.4 Å². The standard InChI is InChI=1S/C29H32N4O5S2/c1-5-7-18-32(6-2)40(35,36)25-15-10-22(11-16-25)28(34)33(30-20-21-8-12-23(37-3)13-9-21)29-31-26-17-14-24(38-4)19-27(26)39-29/h8-17,19-20H,5-7,18H2,1-4H3/b30-20+. The van der Waals surface area contributed by atoms with Gasteiger partial charge in [-0.15, -0.1) is 0 Å². The van der Waals surface area contributed by atoms with Crippen molar-refractivity contribution in [2.45, 2.75) is 31.6 Å². The lowest BCUT2D eigenvalue weighted by Gasteiger charge is -2.20. The number of anilines is 1. The summed E-state index contributed by atoms with van der Waals surface area (Å²) in [6, 6.07) is 18.7. The molecule has 1 aromatic heterocycles. The lowest BCUT2D eigenvalue weighted by atomic mass is 10.2. The van der Waals surface area contributed by atoms with E-state index in [-0.39, 0.29) is 10.5 Å². The first-order valence-corrected chi connectivity index (χ1v) is 15.1. The number of hydrogen-bond acceptors (Lipinski definition) is 8. The minimum absolute atomic E-state index is 0.141. The van der Waals surface area contributed by atoms with Crippen LogP contribution >= 0.6 is 11.3 Å². The van der Waals surface area contributed by atoms with Crippen LogP contribution in [0.5, 0.6) is 11.5 Å². The quantitative estimate of drug-likeness (QED) is 0.155. The number of benzene rings is 3. The molecule has 1 amide bonds. The van der Waals surface area contributed by atoms with Crippen molar-refractivity contribution >= 4 is 48.8 Å². The normalized spacial score (nSPS) is 11.8. The molecule has 11 heteroatoms. The summed E-state index contributed by atoms with van der Waals surface area (Å²) >= 11 is 1.30. The zero-order valence-electron chi connectivity index (χ0n) is 22.9. The smallest absolute Gasteiger partial charge is 0.280 e. The summed E-state index contributed by atoms with van der Waals surface area (Å²) in [4.78, 5) is 18.5. The molecule has 0 aliphatic heterocycles. The highest BCUT2D eigenvalue weighted by Crippen LogP contribution is 2.32. The number of ether oxygens (including phenoxy) is 2. The number of hydrazone groups is 1. The van der Waals surface area contributed by atoms with Crippen LogP contribution in [-0.4, -0.2) is 57.1 Å². The molecule has 0 saturated carbocycles. The third-order valence-electron chi connectivity index (χ3n) is 6.25. The summed E-state index contributed by atoms with van der Waals surface area (Å²) in [6.07, 6.45) is 3.24. The molecule has 4 rings (SSSR count). The van der Waals surface area contributed by atoms with E-state index in [1.54, 1.807) is 38.6 Å². The predicted octanol–water partition coefficient (Wildman–Crippen LogP) is 5.81. The van der Waals surface area contributed by atoms with E-state index in [0.29, 0.717) is 35.2 Å². The molecule has 0 bridgehead atoms. The topological polar surface area (TPSA) is 101 Å². The van der Waals surface area contributed by atoms with Crippen molar-refractivity contribution in [1.29, 1.82) is 0 Å². The Bertz CT molecular complexity index is 1580. The third-order valence-corrected chi connectivity index (χ3v) is 9.23. The molecule has 210 valence electrons. The van der Waals surface area contributed by atoms with E-state index in [9.17, 15) is 13.2 Å². The number of hydrogen-bond donors (Lipinski definition) is 0. The minimum atomic E-state index is -3.67. The third kappa shape index (κ3) is 6.49. The van der Waals surface area contributed by atoms with Crippen LogP contribution in [0.4, 0.5) is 5.13 Å². The summed E-state index contributed by atoms with van der Waals surface area (Å²) in [6.45, 7) is 4.66. The first kappa shape index (κ1) is 29.2. The van der Waals surface area contributed by atoms with E-state index >= 15 is 0 Å². The molecule has 4 aromatic rings. The number of thiazole rings is 1. The Labute approximate surface area is 238 Å². The monoisotopic (exact) mass is 580 g/mol. The second-order valence-corrected chi connectivity index (χ2v) is 11.8. The fourth-order valence-corrected chi connectivity index (χ4v) is 6.38. The first-order chi connectivity index (χ1) is 19.3. The van der Waals surface area contributed by atoms with E-state index in [4.69, 9.17) is 9.47 Å². The van der Waals surface area contributed by atoms with E-state index in [1.165, 1.54) is 44.9 Å². The van der Waals surface area contributed by atoms with Crippen molar-refractivity contribution in [3.05, 3.63) is 77.9 Å². The number of nitrogens with zero attached hydrogens (tertiary/aromatic N) is 4. The lowest BCUT2D eigenvalue weighted by molar-refractivity contribution is 0.0987. The highest BCUT2D eigenvalue weighted by molar-refractivity contribution is 7.89. The van der Waals surface area contributed by atoms with Crippen molar-refractivity contribution in [3.8, 4) is 11.5 Å². The van der Waals surface area contributed by atoms with E-state index < -0.39 is 15.9 Å². The Balaban J connectivity index is 1.68. The van der Waals surface area contributed by atoms with Gasteiger partial charge in [-0.25, -0.2) is 13.4 Å². The molecule has 0 N–H and O–H groups in total. The number of rotatable bonds is 12. The number of carbonyl (C=O) groups is 1. The van der Waals surface area contributed by atoms with Crippen molar-refractivity contribution in [3.63, 3.8) is 0 Å². The van der Waals surface area contributed by atoms with Crippen LogP contribution in [-0.2, 0) is 10.0 Å². The molecule has 0 radical (unpaired) electrons. The molecule has 40 heavy (non-hydrogen) atoms. The molecule has 0 aliphatic rings. The van der Waals surface area contributed by atoms with Gasteiger partial charge in [0.25, 0.3) is 5.91 Å². The van der Waals surface area contributed by atoms with Crippen LogP contribution < -0.4 is 14.5 Å². The molecular weight excluding hydrogens is 548 g/mol. The molecule has 0 spiro atoms. The van der Waals surface area contributed by atoms with Gasteiger partial charge in [-0.1, -0.05) is 31.6 Å². The minimum Gasteiger partial charge on any atom is -0.497 e. The second kappa shape index (κ2) is 13.0. The maximum absolute atomic E-state index is 13.7. The average Bonchev–Trinajstić information content (AvgIpc) is 3.40. The largest absolute Gasteiger partial charge is 0.497 e. The molecule has 0 aliphatic carbocycles. The van der Waals surface area contributed by atoms with Gasteiger partial charge in [0.1, 0.15) is 11.5 Å². The summed E-state index contributed by atoms with van der Waals surface area (Å²) in [5, 5.41) is 6.08. The van der Waals surface area contributed by atoms with Crippen LogP contribution in [0.2, 0.25) is 0 Å². The first-order valence-electron chi connectivity index (χ1n) is 12.9. The number of unbranched alkanes of at least 4 members (excludes halogenated alkanes) is 1. The van der Waals surface area contributed by atoms with Gasteiger partial charge in [0.15, 0.2) is 0 Å². The number of sulfonamides is 1. The van der Waals surface area contributed by atoms with Crippen molar-refractivity contribution < 1.29 is 22.7 Å². The number of carbonyl (C=O) groups excluding carboxylic acids is 1. The van der Waals surface area contributed by atoms with Gasteiger partial charge in [-0.3, -0.25) is 4.79 Å². The number of methoxy groups -OCH3 is 2. The molecule has 3 aromatic carbocycles. The van der Waals surface area contributed by atoms with Gasteiger partial charge in [0, 0.05) is 18.7 Å². The molecule has 0 unspecified atom stereocenters. The van der Waals surface area contributed by atoms with Crippen molar-refractivity contribution in [1.82, 2.24) is 9.29 Å². The predicted molar refractivity (Wildman–Crippen MR) is 159 cm³/mol. The maximum Gasteiger partial charge on any atom is 0.280 e. The van der Waals surface area contributed by atoms with E-state index in [2.05, 4.69) is 10.1 Å². The zero-order chi connectivity index (χ0) is 28.7. The Morgan fingerprint density at radius 2 is 1.65 bits per heavy atom. The fourth-order valence-electron chi connectivity index (χ4n) is 3.94. The molecule has 0 saturated heterocycles. The summed E-state index contributed by atoms with van der Waals surface area (Å²) in [5.74, 6) is 0.939. The Kier molecular flexibility index (Phi) is 9.51. The summed E-state index contributed by atoms with van der Waals surface area (Å²) < 4.78 is 39.1. The lowest BCUT2D eigenvalue weighted by Crippen LogP contribution is -2.32. The van der Waals surface area contributed by atoms with Crippen LogP contribution in [0.1, 0.15) is 42.6 Å². The Morgan fingerprint density at radius 3 is 2.27 bits per heavy atom. The highest BCUT2D eigenvalue weighted by atomic mass is 32.2. The second-order valence-electron chi connectivity index (χ2n) is 8.84. The molecular formula is C29H32N4O5S2. The van der Waals surface area contributed by atoms with Gasteiger partial charge in [0.2, 0.25) is 15.2 Å². The maximum atomic E-state index is 13.7. The van der Waals surface area contributed by atoms with Gasteiger partial charge >= 0.3 is 0 Å². The molecule has 9 nitrogen and oxygen atoms in total. The van der Waals surface area contributed by atoms with Crippen LogP contribution in [0.25, 0.3) is 10.2 Å². The molecule has 1 heterocycles. The fraction of sp³-hybridized carbons (Fsp3) is 0.276. The van der Waals surface area contributed by atoms with Crippen molar-refractivity contribution in [2.24, 2.45) is 5.10 Å². The summed E-state index contributed by atoms with van der Waals surface area (Å²) in [5.41, 5.74) is 1.74. The van der Waals surface area contributed by atoms with Crippen LogP contribution in [0.15, 0.2) is 76.7 Å². The molecule has 0 atom stereocenters. The summed E-state index contributed by atoms with van der Waals surface area (Å²) in [7, 11) is -0.489. The van der Waals surface area contributed by atoms with Gasteiger partial charge in [0.05, 0.1) is 35.5 Å². The number of aromatic nitrogens is 1. The van der Waals surface area contributed by atoms with Gasteiger partial charge in [-0.05, 0) is 78.7 Å². The van der Waals surface area contributed by atoms with Crippen LogP contribution in [0.3, 0.4) is 0 Å². The Morgan fingerprint density at radius 1 is 0.975 bits per heavy atom.